The maximum absolute atomic E-state index is 13.4. The molecule has 0 aliphatic rings. The largest absolute Gasteiger partial charge is 0.481 e. The second kappa shape index (κ2) is 6.01. The minimum absolute atomic E-state index is 0.189. The van der Waals surface area contributed by atoms with Crippen LogP contribution in [0.3, 0.4) is 0 Å². The van der Waals surface area contributed by atoms with Gasteiger partial charge in [0.2, 0.25) is 0 Å². The Labute approximate surface area is 107 Å². The van der Waals surface area contributed by atoms with Crippen LogP contribution in [-0.2, 0) is 4.79 Å². The normalized spacial score (nSPS) is 15.0. The van der Waals surface area contributed by atoms with Gasteiger partial charge in [0.25, 0.3) is 0 Å². The molecule has 7 heteroatoms. The van der Waals surface area contributed by atoms with Gasteiger partial charge < -0.3 is 10.4 Å². The molecule has 1 aromatic rings. The minimum atomic E-state index is -4.84. The van der Waals surface area contributed by atoms with Gasteiger partial charge >= 0.3 is 12.1 Å². The van der Waals surface area contributed by atoms with Crippen LogP contribution < -0.4 is 5.32 Å². The number of rotatable bonds is 5. The molecule has 3 nitrogen and oxygen atoms in total. The molecule has 0 radical (unpaired) electrons. The Morgan fingerprint density at radius 3 is 2.42 bits per heavy atom. The summed E-state index contributed by atoms with van der Waals surface area (Å²) >= 11 is 0. The number of carbonyl (C=O) groups is 1. The molecule has 0 saturated heterocycles. The van der Waals surface area contributed by atoms with Crippen molar-refractivity contribution in [1.82, 2.24) is 5.32 Å². The van der Waals surface area contributed by atoms with Crippen molar-refractivity contribution in [2.75, 3.05) is 6.54 Å². The number of alkyl halides is 3. The predicted octanol–water partition coefficient (Wildman–Crippen LogP) is 2.74. The van der Waals surface area contributed by atoms with Crippen molar-refractivity contribution in [3.63, 3.8) is 0 Å². The molecule has 19 heavy (non-hydrogen) atoms. The van der Waals surface area contributed by atoms with Crippen molar-refractivity contribution < 1.29 is 27.5 Å². The van der Waals surface area contributed by atoms with Gasteiger partial charge in [0.05, 0.1) is 0 Å². The summed E-state index contributed by atoms with van der Waals surface area (Å²) in [7, 11) is 0. The quantitative estimate of drug-likeness (QED) is 0.815. The molecule has 0 fully saturated rings. The molecule has 0 aromatic heterocycles. The van der Waals surface area contributed by atoms with E-state index in [1.807, 2.05) is 0 Å². The van der Waals surface area contributed by atoms with Gasteiger partial charge in [-0.15, -0.1) is 0 Å². The van der Waals surface area contributed by atoms with Crippen LogP contribution >= 0.6 is 0 Å². The Kier molecular flexibility index (Phi) is 4.88. The van der Waals surface area contributed by atoms with Crippen LogP contribution in [0.2, 0.25) is 0 Å². The zero-order valence-electron chi connectivity index (χ0n) is 10.0. The van der Waals surface area contributed by atoms with E-state index in [2.05, 4.69) is 5.32 Å². The molecule has 0 aliphatic heterocycles. The summed E-state index contributed by atoms with van der Waals surface area (Å²) < 4.78 is 50.6. The Hall–Kier alpha value is -1.63. The van der Waals surface area contributed by atoms with Crippen LogP contribution in [0, 0.1) is 11.7 Å². The molecule has 1 aromatic carbocycles. The number of hydrogen-bond donors (Lipinski definition) is 2. The third kappa shape index (κ3) is 4.20. The SMILES string of the molecule is CC(NCC(C(=O)O)C(F)(F)F)c1ccccc1F. The topological polar surface area (TPSA) is 49.3 Å². The molecule has 0 amide bonds. The van der Waals surface area contributed by atoms with Gasteiger partial charge in [-0.2, -0.15) is 13.2 Å². The number of hydrogen-bond acceptors (Lipinski definition) is 2. The number of aliphatic carboxylic acids is 1. The highest BCUT2D eigenvalue weighted by Gasteiger charge is 2.44. The van der Waals surface area contributed by atoms with Gasteiger partial charge in [-0.25, -0.2) is 4.39 Å². The fourth-order valence-electron chi connectivity index (χ4n) is 1.57. The summed E-state index contributed by atoms with van der Waals surface area (Å²) in [5, 5.41) is 10.9. The number of halogens is 4. The van der Waals surface area contributed by atoms with Crippen molar-refractivity contribution in [2.24, 2.45) is 5.92 Å². The van der Waals surface area contributed by atoms with Gasteiger partial charge in [-0.1, -0.05) is 18.2 Å². The molecule has 0 spiro atoms. The first-order chi connectivity index (χ1) is 8.73. The van der Waals surface area contributed by atoms with Crippen molar-refractivity contribution in [2.45, 2.75) is 19.1 Å². The first-order valence-corrected chi connectivity index (χ1v) is 5.50. The van der Waals surface area contributed by atoms with Crippen LogP contribution in [0.15, 0.2) is 24.3 Å². The second-order valence-corrected chi connectivity index (χ2v) is 4.08. The molecule has 2 unspecified atom stereocenters. The van der Waals surface area contributed by atoms with E-state index in [9.17, 15) is 22.4 Å². The number of benzene rings is 1. The molecule has 2 N–H and O–H groups in total. The molecular weight excluding hydrogens is 266 g/mol. The fourth-order valence-corrected chi connectivity index (χ4v) is 1.57. The van der Waals surface area contributed by atoms with Gasteiger partial charge in [0.15, 0.2) is 5.92 Å². The number of carboxylic acid groups (broad SMARTS) is 1. The number of carboxylic acids is 1. The second-order valence-electron chi connectivity index (χ2n) is 4.08. The average Bonchev–Trinajstić information content (AvgIpc) is 2.27. The predicted molar refractivity (Wildman–Crippen MR) is 60.0 cm³/mol. The molecule has 0 aliphatic carbocycles. The third-order valence-corrected chi connectivity index (χ3v) is 2.69. The van der Waals surface area contributed by atoms with E-state index in [0.717, 1.165) is 0 Å². The lowest BCUT2D eigenvalue weighted by molar-refractivity contribution is -0.192. The summed E-state index contributed by atoms with van der Waals surface area (Å²) in [5.74, 6) is -5.02. The van der Waals surface area contributed by atoms with Crippen LogP contribution in [0.1, 0.15) is 18.5 Å². The standard InChI is InChI=1S/C12H13F4NO2/c1-7(8-4-2-3-5-10(8)13)17-6-9(11(18)19)12(14,15)16/h2-5,7,9,17H,6H2,1H3,(H,18,19). The highest BCUT2D eigenvalue weighted by atomic mass is 19.4. The highest BCUT2D eigenvalue weighted by Crippen LogP contribution is 2.26. The van der Waals surface area contributed by atoms with E-state index in [4.69, 9.17) is 5.11 Å². The Morgan fingerprint density at radius 2 is 1.95 bits per heavy atom. The zero-order chi connectivity index (χ0) is 14.6. The number of nitrogens with one attached hydrogen (secondary N) is 1. The van der Waals surface area contributed by atoms with Gasteiger partial charge in [0, 0.05) is 18.2 Å². The van der Waals surface area contributed by atoms with Gasteiger partial charge in [0.1, 0.15) is 5.82 Å². The van der Waals surface area contributed by atoms with Crippen molar-refractivity contribution in [3.8, 4) is 0 Å². The molecule has 0 saturated carbocycles. The maximum Gasteiger partial charge on any atom is 0.403 e. The average molecular weight is 279 g/mol. The lowest BCUT2D eigenvalue weighted by Gasteiger charge is -2.20. The molecule has 106 valence electrons. The monoisotopic (exact) mass is 279 g/mol. The van der Waals surface area contributed by atoms with E-state index in [-0.39, 0.29) is 5.56 Å². The lowest BCUT2D eigenvalue weighted by atomic mass is 10.1. The first-order valence-electron chi connectivity index (χ1n) is 5.50. The lowest BCUT2D eigenvalue weighted by Crippen LogP contribution is -2.39. The molecule has 0 heterocycles. The molecule has 2 atom stereocenters. The van der Waals surface area contributed by atoms with Crippen LogP contribution in [0.4, 0.5) is 17.6 Å². The minimum Gasteiger partial charge on any atom is -0.481 e. The van der Waals surface area contributed by atoms with Crippen LogP contribution in [0.25, 0.3) is 0 Å². The maximum atomic E-state index is 13.4. The molecule has 0 bridgehead atoms. The van der Waals surface area contributed by atoms with E-state index < -0.39 is 36.5 Å². The Balaban J connectivity index is 2.70. The summed E-state index contributed by atoms with van der Waals surface area (Å²) in [5.41, 5.74) is 0.189. The summed E-state index contributed by atoms with van der Waals surface area (Å²) in [6.07, 6.45) is -4.84. The molecule has 1 rings (SSSR count). The van der Waals surface area contributed by atoms with Gasteiger partial charge in [-0.3, -0.25) is 4.79 Å². The zero-order valence-corrected chi connectivity index (χ0v) is 10.0. The summed E-state index contributed by atoms with van der Waals surface area (Å²) in [6.45, 7) is 0.655. The third-order valence-electron chi connectivity index (χ3n) is 2.69. The van der Waals surface area contributed by atoms with Crippen LogP contribution in [0.5, 0.6) is 0 Å². The van der Waals surface area contributed by atoms with Crippen molar-refractivity contribution >= 4 is 5.97 Å². The van der Waals surface area contributed by atoms with Crippen LogP contribution in [-0.4, -0.2) is 23.8 Å². The fraction of sp³-hybridized carbons (Fsp3) is 0.417. The summed E-state index contributed by atoms with van der Waals surface area (Å²) in [6, 6.07) is 4.91. The van der Waals surface area contributed by atoms with Crippen molar-refractivity contribution in [1.29, 1.82) is 0 Å². The Morgan fingerprint density at radius 1 is 1.37 bits per heavy atom. The van der Waals surface area contributed by atoms with E-state index in [1.54, 1.807) is 6.07 Å². The highest BCUT2D eigenvalue weighted by molar-refractivity contribution is 5.71. The van der Waals surface area contributed by atoms with Crippen molar-refractivity contribution in [3.05, 3.63) is 35.6 Å². The van der Waals surface area contributed by atoms with E-state index in [0.29, 0.717) is 0 Å². The van der Waals surface area contributed by atoms with E-state index >= 15 is 0 Å². The van der Waals surface area contributed by atoms with E-state index in [1.165, 1.54) is 25.1 Å². The smallest absolute Gasteiger partial charge is 0.403 e. The first kappa shape index (κ1) is 15.4. The Bertz CT molecular complexity index is 448. The molecular formula is C12H13F4NO2. The van der Waals surface area contributed by atoms with Gasteiger partial charge in [-0.05, 0) is 13.0 Å². The summed E-state index contributed by atoms with van der Waals surface area (Å²) in [4.78, 5) is 10.5.